The predicted octanol–water partition coefficient (Wildman–Crippen LogP) is 4.04. The van der Waals surface area contributed by atoms with Crippen LogP contribution in [0.25, 0.3) is 22.8 Å². The molecule has 0 aliphatic carbocycles. The maximum atomic E-state index is 5.88. The van der Waals surface area contributed by atoms with E-state index < -0.39 is 0 Å². The molecule has 0 saturated carbocycles. The summed E-state index contributed by atoms with van der Waals surface area (Å²) in [6.45, 7) is 0. The van der Waals surface area contributed by atoms with E-state index >= 15 is 0 Å². The molecule has 4 aromatic rings. The summed E-state index contributed by atoms with van der Waals surface area (Å²) in [6, 6.07) is 14.5. The van der Waals surface area contributed by atoms with E-state index in [-0.39, 0.29) is 6.42 Å². The van der Waals surface area contributed by atoms with Crippen molar-refractivity contribution in [2.45, 2.75) is 6.42 Å². The standard InChI is InChI=1S/C18H13ClN4O3/c1-24-14-8-4-11(5-9-14)17-20-15(26-23-17)10-16-21-22-18(25-16)12-2-6-13(19)7-3-12/h2-9H,10H2,1H3. The quantitative estimate of drug-likeness (QED) is 0.525. The number of nitrogens with zero attached hydrogens (tertiary/aromatic N) is 4. The van der Waals surface area contributed by atoms with E-state index in [1.54, 1.807) is 19.2 Å². The highest BCUT2D eigenvalue weighted by molar-refractivity contribution is 6.30. The first kappa shape index (κ1) is 16.3. The van der Waals surface area contributed by atoms with Crippen LogP contribution < -0.4 is 4.74 Å². The van der Waals surface area contributed by atoms with E-state index in [2.05, 4.69) is 20.3 Å². The highest BCUT2D eigenvalue weighted by Crippen LogP contribution is 2.22. The third kappa shape index (κ3) is 3.43. The average Bonchev–Trinajstić information content (AvgIpc) is 3.33. The van der Waals surface area contributed by atoms with Crippen LogP contribution in [-0.4, -0.2) is 27.4 Å². The summed E-state index contributed by atoms with van der Waals surface area (Å²) in [4.78, 5) is 4.36. The minimum atomic E-state index is 0.254. The van der Waals surface area contributed by atoms with E-state index in [0.29, 0.717) is 28.5 Å². The third-order valence-corrected chi connectivity index (χ3v) is 3.93. The third-order valence-electron chi connectivity index (χ3n) is 3.68. The van der Waals surface area contributed by atoms with Crippen molar-refractivity contribution in [3.8, 4) is 28.6 Å². The molecule has 130 valence electrons. The van der Waals surface area contributed by atoms with Gasteiger partial charge in [-0.05, 0) is 48.5 Å². The number of halogens is 1. The van der Waals surface area contributed by atoms with E-state index in [4.69, 9.17) is 25.3 Å². The van der Waals surface area contributed by atoms with Crippen molar-refractivity contribution >= 4 is 11.6 Å². The molecule has 0 radical (unpaired) electrons. The first-order valence-corrected chi connectivity index (χ1v) is 8.14. The van der Waals surface area contributed by atoms with Crippen molar-refractivity contribution in [2.75, 3.05) is 7.11 Å². The SMILES string of the molecule is COc1ccc(-c2noc(Cc3nnc(-c4ccc(Cl)cc4)o3)n2)cc1. The molecule has 2 aromatic heterocycles. The smallest absolute Gasteiger partial charge is 0.247 e. The zero-order valence-electron chi connectivity index (χ0n) is 13.7. The van der Waals surface area contributed by atoms with Gasteiger partial charge in [0.1, 0.15) is 12.2 Å². The number of aromatic nitrogens is 4. The van der Waals surface area contributed by atoms with Gasteiger partial charge in [0.05, 0.1) is 7.11 Å². The summed E-state index contributed by atoms with van der Waals surface area (Å²) < 4.78 is 16.1. The highest BCUT2D eigenvalue weighted by atomic mass is 35.5. The van der Waals surface area contributed by atoms with Gasteiger partial charge in [-0.25, -0.2) is 0 Å². The summed E-state index contributed by atoms with van der Waals surface area (Å²) >= 11 is 5.88. The predicted molar refractivity (Wildman–Crippen MR) is 93.8 cm³/mol. The molecule has 0 saturated heterocycles. The molecule has 2 heterocycles. The van der Waals surface area contributed by atoms with Crippen molar-refractivity contribution in [3.05, 3.63) is 65.3 Å². The minimum Gasteiger partial charge on any atom is -0.497 e. The fourth-order valence-electron chi connectivity index (χ4n) is 2.35. The molecule has 0 amide bonds. The summed E-state index contributed by atoms with van der Waals surface area (Å²) in [7, 11) is 1.62. The van der Waals surface area contributed by atoms with E-state index in [9.17, 15) is 0 Å². The van der Waals surface area contributed by atoms with Gasteiger partial charge in [0.25, 0.3) is 0 Å². The van der Waals surface area contributed by atoms with Gasteiger partial charge in [0.2, 0.25) is 23.5 Å². The molecular formula is C18H13ClN4O3. The lowest BCUT2D eigenvalue weighted by Gasteiger charge is -1.98. The Bertz CT molecular complexity index is 1010. The van der Waals surface area contributed by atoms with Crippen LogP contribution in [0.4, 0.5) is 0 Å². The second-order valence-corrected chi connectivity index (χ2v) is 5.86. The van der Waals surface area contributed by atoms with Gasteiger partial charge < -0.3 is 13.7 Å². The molecular weight excluding hydrogens is 356 g/mol. The topological polar surface area (TPSA) is 87.1 Å². The van der Waals surface area contributed by atoms with Gasteiger partial charge >= 0.3 is 0 Å². The molecule has 0 aliphatic heterocycles. The lowest BCUT2D eigenvalue weighted by Crippen LogP contribution is -1.89. The van der Waals surface area contributed by atoms with Gasteiger partial charge in [-0.2, -0.15) is 4.98 Å². The number of ether oxygens (including phenoxy) is 1. The maximum Gasteiger partial charge on any atom is 0.247 e. The second-order valence-electron chi connectivity index (χ2n) is 5.42. The van der Waals surface area contributed by atoms with Gasteiger partial charge in [0, 0.05) is 16.1 Å². The Morgan fingerprint density at radius 2 is 1.65 bits per heavy atom. The molecule has 0 bridgehead atoms. The van der Waals surface area contributed by atoms with Gasteiger partial charge in [-0.15, -0.1) is 10.2 Å². The van der Waals surface area contributed by atoms with Crippen molar-refractivity contribution in [2.24, 2.45) is 0 Å². The van der Waals surface area contributed by atoms with E-state index in [0.717, 1.165) is 16.9 Å². The number of hydrogen-bond acceptors (Lipinski definition) is 7. The molecule has 26 heavy (non-hydrogen) atoms. The van der Waals surface area contributed by atoms with Crippen LogP contribution in [-0.2, 0) is 6.42 Å². The van der Waals surface area contributed by atoms with Gasteiger partial charge in [-0.3, -0.25) is 0 Å². The maximum absolute atomic E-state index is 5.88. The lowest BCUT2D eigenvalue weighted by atomic mass is 10.2. The highest BCUT2D eigenvalue weighted by Gasteiger charge is 2.14. The Kier molecular flexibility index (Phi) is 4.37. The zero-order chi connectivity index (χ0) is 17.9. The normalized spacial score (nSPS) is 10.8. The largest absolute Gasteiger partial charge is 0.497 e. The molecule has 0 aliphatic rings. The number of benzene rings is 2. The zero-order valence-corrected chi connectivity index (χ0v) is 14.5. The van der Waals surface area contributed by atoms with E-state index in [1.165, 1.54) is 0 Å². The van der Waals surface area contributed by atoms with Crippen LogP contribution in [0.1, 0.15) is 11.8 Å². The molecule has 0 fully saturated rings. The summed E-state index contributed by atoms with van der Waals surface area (Å²) in [5.74, 6) is 2.44. The first-order valence-electron chi connectivity index (χ1n) is 7.76. The van der Waals surface area contributed by atoms with Crippen LogP contribution in [0.3, 0.4) is 0 Å². The molecule has 0 spiro atoms. The Morgan fingerprint density at radius 1 is 0.923 bits per heavy atom. The molecule has 0 unspecified atom stereocenters. The molecule has 7 nitrogen and oxygen atoms in total. The summed E-state index contributed by atoms with van der Waals surface area (Å²) in [6.07, 6.45) is 0.254. The van der Waals surface area contributed by atoms with E-state index in [1.807, 2.05) is 36.4 Å². The van der Waals surface area contributed by atoms with Crippen LogP contribution >= 0.6 is 11.6 Å². The van der Waals surface area contributed by atoms with Crippen molar-refractivity contribution in [3.63, 3.8) is 0 Å². The monoisotopic (exact) mass is 368 g/mol. The van der Waals surface area contributed by atoms with Gasteiger partial charge in [0.15, 0.2) is 0 Å². The van der Waals surface area contributed by atoms with Crippen molar-refractivity contribution < 1.29 is 13.7 Å². The Balaban J connectivity index is 1.49. The average molecular weight is 369 g/mol. The fourth-order valence-corrected chi connectivity index (χ4v) is 2.47. The Morgan fingerprint density at radius 3 is 2.38 bits per heavy atom. The van der Waals surface area contributed by atoms with Crippen LogP contribution in [0, 0.1) is 0 Å². The molecule has 4 rings (SSSR count). The van der Waals surface area contributed by atoms with Crippen LogP contribution in [0.15, 0.2) is 57.5 Å². The molecule has 0 N–H and O–H groups in total. The van der Waals surface area contributed by atoms with Gasteiger partial charge in [-0.1, -0.05) is 16.8 Å². The summed E-state index contributed by atoms with van der Waals surface area (Å²) in [5.41, 5.74) is 1.62. The molecule has 0 atom stereocenters. The molecule has 8 heteroatoms. The Labute approximate surface area is 153 Å². The number of hydrogen-bond donors (Lipinski definition) is 0. The lowest BCUT2D eigenvalue weighted by molar-refractivity contribution is 0.374. The van der Waals surface area contributed by atoms with Crippen molar-refractivity contribution in [1.82, 2.24) is 20.3 Å². The Hall–Kier alpha value is -3.19. The fraction of sp³-hybridized carbons (Fsp3) is 0.111. The molecule has 2 aromatic carbocycles. The van der Waals surface area contributed by atoms with Crippen molar-refractivity contribution in [1.29, 1.82) is 0 Å². The van der Waals surface area contributed by atoms with Crippen LogP contribution in [0.5, 0.6) is 5.75 Å². The minimum absolute atomic E-state index is 0.254. The first-order chi connectivity index (χ1) is 12.7. The second kappa shape index (κ2) is 6.97. The number of methoxy groups -OCH3 is 1. The van der Waals surface area contributed by atoms with Crippen LogP contribution in [0.2, 0.25) is 5.02 Å². The number of rotatable bonds is 5. The summed E-state index contributed by atoms with van der Waals surface area (Å²) in [5, 5.41) is 12.7.